The van der Waals surface area contributed by atoms with E-state index in [0.29, 0.717) is 6.54 Å². The second kappa shape index (κ2) is 7.78. The third kappa shape index (κ3) is 4.44. The maximum absolute atomic E-state index is 12.1. The number of carbonyl (C=O) groups is 1. The van der Waals surface area contributed by atoms with Crippen LogP contribution in [0.25, 0.3) is 0 Å². The number of carbonyl (C=O) groups excluding carboxylic acids is 1. The number of amides is 1. The molecule has 0 spiro atoms. The van der Waals surface area contributed by atoms with Gasteiger partial charge in [-0.25, -0.2) is 0 Å². The highest BCUT2D eigenvalue weighted by Crippen LogP contribution is 2.17. The molecule has 0 radical (unpaired) electrons. The van der Waals surface area contributed by atoms with Crippen LogP contribution in [0.15, 0.2) is 24.3 Å². The van der Waals surface area contributed by atoms with E-state index in [2.05, 4.69) is 12.2 Å². The Balaban J connectivity index is 1.82. The van der Waals surface area contributed by atoms with Gasteiger partial charge in [0.2, 0.25) is 5.91 Å². The average molecular weight is 276 g/mol. The summed E-state index contributed by atoms with van der Waals surface area (Å²) in [6.45, 7) is 4.97. The molecular formula is C16H24N2O2. The van der Waals surface area contributed by atoms with Gasteiger partial charge in [-0.1, -0.05) is 13.0 Å². The second-order valence-corrected chi connectivity index (χ2v) is 5.17. The normalized spacial score (nSPS) is 14.9. The SMILES string of the molecule is CCCOc1cccc(NCC(=O)N2CCCCC2)c1. The zero-order chi connectivity index (χ0) is 14.2. The van der Waals surface area contributed by atoms with E-state index in [1.165, 1.54) is 6.42 Å². The first-order chi connectivity index (χ1) is 9.79. The van der Waals surface area contributed by atoms with Gasteiger partial charge in [0, 0.05) is 24.8 Å². The summed E-state index contributed by atoms with van der Waals surface area (Å²) in [5, 5.41) is 3.19. The topological polar surface area (TPSA) is 41.6 Å². The molecule has 1 aromatic carbocycles. The highest BCUT2D eigenvalue weighted by Gasteiger charge is 2.15. The lowest BCUT2D eigenvalue weighted by atomic mass is 10.1. The summed E-state index contributed by atoms with van der Waals surface area (Å²) in [4.78, 5) is 14.0. The van der Waals surface area contributed by atoms with Gasteiger partial charge in [0.05, 0.1) is 13.2 Å². The summed E-state index contributed by atoms with van der Waals surface area (Å²) in [6, 6.07) is 7.79. The van der Waals surface area contributed by atoms with Crippen LogP contribution in [0.3, 0.4) is 0 Å². The van der Waals surface area contributed by atoms with Crippen LogP contribution < -0.4 is 10.1 Å². The summed E-state index contributed by atoms with van der Waals surface area (Å²) in [5.41, 5.74) is 0.934. The molecule has 2 rings (SSSR count). The van der Waals surface area contributed by atoms with E-state index in [9.17, 15) is 4.79 Å². The van der Waals surface area contributed by atoms with Crippen molar-refractivity contribution in [2.75, 3.05) is 31.6 Å². The van der Waals surface area contributed by atoms with E-state index in [0.717, 1.165) is 50.4 Å². The van der Waals surface area contributed by atoms with Gasteiger partial charge in [0.15, 0.2) is 0 Å². The monoisotopic (exact) mass is 276 g/mol. The van der Waals surface area contributed by atoms with Crippen molar-refractivity contribution in [3.63, 3.8) is 0 Å². The number of hydrogen-bond acceptors (Lipinski definition) is 3. The molecule has 0 bridgehead atoms. The minimum Gasteiger partial charge on any atom is -0.494 e. The Kier molecular flexibility index (Phi) is 5.71. The Morgan fingerprint density at radius 1 is 1.30 bits per heavy atom. The van der Waals surface area contributed by atoms with Crippen molar-refractivity contribution in [1.29, 1.82) is 0 Å². The molecule has 1 aliphatic heterocycles. The molecule has 0 aromatic heterocycles. The van der Waals surface area contributed by atoms with E-state index >= 15 is 0 Å². The molecule has 1 amide bonds. The Bertz CT molecular complexity index is 428. The standard InChI is InChI=1S/C16H24N2O2/c1-2-11-20-15-8-6-7-14(12-15)17-13-16(19)18-9-4-3-5-10-18/h6-8,12,17H,2-5,9-11,13H2,1H3. The van der Waals surface area contributed by atoms with Gasteiger partial charge in [0.25, 0.3) is 0 Å². The van der Waals surface area contributed by atoms with E-state index < -0.39 is 0 Å². The van der Waals surface area contributed by atoms with Gasteiger partial charge in [-0.15, -0.1) is 0 Å². The van der Waals surface area contributed by atoms with Gasteiger partial charge in [0.1, 0.15) is 5.75 Å². The number of nitrogens with one attached hydrogen (secondary N) is 1. The Hall–Kier alpha value is -1.71. The Morgan fingerprint density at radius 3 is 2.85 bits per heavy atom. The number of piperidine rings is 1. The van der Waals surface area contributed by atoms with Crippen LogP contribution in [-0.4, -0.2) is 37.0 Å². The molecule has 4 heteroatoms. The minimum absolute atomic E-state index is 0.185. The first kappa shape index (κ1) is 14.7. The van der Waals surface area contributed by atoms with E-state index in [4.69, 9.17) is 4.74 Å². The fourth-order valence-electron chi connectivity index (χ4n) is 2.35. The molecule has 1 fully saturated rings. The van der Waals surface area contributed by atoms with Crippen molar-refractivity contribution in [1.82, 2.24) is 4.90 Å². The quantitative estimate of drug-likeness (QED) is 0.868. The Morgan fingerprint density at radius 2 is 2.10 bits per heavy atom. The molecule has 4 nitrogen and oxygen atoms in total. The van der Waals surface area contributed by atoms with Gasteiger partial charge >= 0.3 is 0 Å². The average Bonchev–Trinajstić information content (AvgIpc) is 2.52. The molecular weight excluding hydrogens is 252 g/mol. The van der Waals surface area contributed by atoms with Crippen molar-refractivity contribution in [2.24, 2.45) is 0 Å². The number of hydrogen-bond donors (Lipinski definition) is 1. The maximum atomic E-state index is 12.1. The molecule has 0 saturated carbocycles. The summed E-state index contributed by atoms with van der Waals surface area (Å²) in [6.07, 6.45) is 4.50. The summed E-state index contributed by atoms with van der Waals surface area (Å²) in [5.74, 6) is 1.03. The van der Waals surface area contributed by atoms with Crippen LogP contribution in [0.5, 0.6) is 5.75 Å². The van der Waals surface area contributed by atoms with Crippen LogP contribution in [-0.2, 0) is 4.79 Å². The predicted molar refractivity (Wildman–Crippen MR) is 81.1 cm³/mol. The van der Waals surface area contributed by atoms with Gasteiger partial charge in [-0.2, -0.15) is 0 Å². The molecule has 0 aliphatic carbocycles. The fraction of sp³-hybridized carbons (Fsp3) is 0.562. The lowest BCUT2D eigenvalue weighted by molar-refractivity contribution is -0.130. The molecule has 0 unspecified atom stereocenters. The van der Waals surface area contributed by atoms with E-state index in [-0.39, 0.29) is 5.91 Å². The number of ether oxygens (including phenoxy) is 1. The van der Waals surface area contributed by atoms with Crippen LogP contribution in [0.1, 0.15) is 32.6 Å². The van der Waals surface area contributed by atoms with Crippen LogP contribution >= 0.6 is 0 Å². The number of nitrogens with zero attached hydrogens (tertiary/aromatic N) is 1. The van der Waals surface area contributed by atoms with Gasteiger partial charge in [-0.3, -0.25) is 4.79 Å². The molecule has 110 valence electrons. The molecule has 1 aliphatic rings. The summed E-state index contributed by atoms with van der Waals surface area (Å²) >= 11 is 0. The summed E-state index contributed by atoms with van der Waals surface area (Å²) in [7, 11) is 0. The van der Waals surface area contributed by atoms with Crippen molar-refractivity contribution in [3.05, 3.63) is 24.3 Å². The maximum Gasteiger partial charge on any atom is 0.241 e. The highest BCUT2D eigenvalue weighted by atomic mass is 16.5. The first-order valence-electron chi connectivity index (χ1n) is 7.54. The fourth-order valence-corrected chi connectivity index (χ4v) is 2.35. The molecule has 20 heavy (non-hydrogen) atoms. The molecule has 1 heterocycles. The number of benzene rings is 1. The zero-order valence-corrected chi connectivity index (χ0v) is 12.2. The van der Waals surface area contributed by atoms with E-state index in [1.807, 2.05) is 29.2 Å². The van der Waals surface area contributed by atoms with Crippen molar-refractivity contribution < 1.29 is 9.53 Å². The first-order valence-corrected chi connectivity index (χ1v) is 7.54. The second-order valence-electron chi connectivity index (χ2n) is 5.17. The van der Waals surface area contributed by atoms with Gasteiger partial charge in [-0.05, 0) is 37.8 Å². The summed E-state index contributed by atoms with van der Waals surface area (Å²) < 4.78 is 5.58. The third-order valence-electron chi connectivity index (χ3n) is 3.46. The van der Waals surface area contributed by atoms with Crippen molar-refractivity contribution >= 4 is 11.6 Å². The lowest BCUT2D eigenvalue weighted by Gasteiger charge is -2.26. The smallest absolute Gasteiger partial charge is 0.241 e. The largest absolute Gasteiger partial charge is 0.494 e. The van der Waals surface area contributed by atoms with Crippen molar-refractivity contribution in [3.8, 4) is 5.75 Å². The van der Waals surface area contributed by atoms with Crippen LogP contribution in [0.2, 0.25) is 0 Å². The minimum atomic E-state index is 0.185. The molecule has 1 saturated heterocycles. The zero-order valence-electron chi connectivity index (χ0n) is 12.2. The molecule has 1 N–H and O–H groups in total. The lowest BCUT2D eigenvalue weighted by Crippen LogP contribution is -2.39. The Labute approximate surface area is 121 Å². The predicted octanol–water partition coefficient (Wildman–Crippen LogP) is 2.90. The molecule has 0 atom stereocenters. The third-order valence-corrected chi connectivity index (χ3v) is 3.46. The molecule has 1 aromatic rings. The van der Waals surface area contributed by atoms with Crippen LogP contribution in [0.4, 0.5) is 5.69 Å². The van der Waals surface area contributed by atoms with Gasteiger partial charge < -0.3 is 15.0 Å². The number of rotatable bonds is 6. The van der Waals surface area contributed by atoms with E-state index in [1.54, 1.807) is 0 Å². The highest BCUT2D eigenvalue weighted by molar-refractivity contribution is 5.81. The van der Waals surface area contributed by atoms with Crippen molar-refractivity contribution in [2.45, 2.75) is 32.6 Å². The number of anilines is 1. The number of likely N-dealkylation sites (tertiary alicyclic amines) is 1. The van der Waals surface area contributed by atoms with Crippen LogP contribution in [0, 0.1) is 0 Å².